The van der Waals surface area contributed by atoms with Gasteiger partial charge in [0.25, 0.3) is 0 Å². The number of nitrogens with two attached hydrogens (primary N) is 1. The van der Waals surface area contributed by atoms with Crippen LogP contribution in [0.3, 0.4) is 0 Å². The number of fused-ring (bicyclic) bond motifs is 1. The molecule has 19 heavy (non-hydrogen) atoms. The van der Waals surface area contributed by atoms with Crippen LogP contribution in [0.15, 0.2) is 30.6 Å². The van der Waals surface area contributed by atoms with Crippen molar-refractivity contribution in [1.82, 2.24) is 9.88 Å². The summed E-state index contributed by atoms with van der Waals surface area (Å²) in [5.74, 6) is 0. The third-order valence-corrected chi connectivity index (χ3v) is 4.07. The van der Waals surface area contributed by atoms with Crippen LogP contribution in [0.2, 0.25) is 0 Å². The SMILES string of the molecule is CN(C)C1CCN(c2ccc3cnccc3c2N)C1. The molecule has 1 fully saturated rings. The van der Waals surface area contributed by atoms with Gasteiger partial charge in [0.1, 0.15) is 0 Å². The van der Waals surface area contributed by atoms with E-state index in [9.17, 15) is 0 Å². The first-order valence-corrected chi connectivity index (χ1v) is 6.70. The topological polar surface area (TPSA) is 45.4 Å². The van der Waals surface area contributed by atoms with Crippen LogP contribution >= 0.6 is 0 Å². The average Bonchev–Trinajstić information content (AvgIpc) is 2.89. The smallest absolute Gasteiger partial charge is 0.0632 e. The van der Waals surface area contributed by atoms with Crippen molar-refractivity contribution in [3.63, 3.8) is 0 Å². The molecule has 1 unspecified atom stereocenters. The summed E-state index contributed by atoms with van der Waals surface area (Å²) < 4.78 is 0. The number of nitrogen functional groups attached to an aromatic ring is 1. The Morgan fingerprint density at radius 3 is 2.89 bits per heavy atom. The number of likely N-dealkylation sites (N-methyl/N-ethyl adjacent to an activating group) is 1. The van der Waals surface area contributed by atoms with Crippen molar-refractivity contribution in [2.75, 3.05) is 37.8 Å². The number of hydrogen-bond acceptors (Lipinski definition) is 4. The quantitative estimate of drug-likeness (QED) is 0.834. The van der Waals surface area contributed by atoms with Crippen molar-refractivity contribution in [3.8, 4) is 0 Å². The maximum Gasteiger partial charge on any atom is 0.0632 e. The molecule has 0 spiro atoms. The van der Waals surface area contributed by atoms with Gasteiger partial charge in [-0.05, 0) is 32.6 Å². The van der Waals surface area contributed by atoms with E-state index in [-0.39, 0.29) is 0 Å². The van der Waals surface area contributed by atoms with Gasteiger partial charge in [-0.25, -0.2) is 0 Å². The monoisotopic (exact) mass is 256 g/mol. The van der Waals surface area contributed by atoms with Crippen LogP contribution in [0.4, 0.5) is 11.4 Å². The van der Waals surface area contributed by atoms with Gasteiger partial charge in [-0.15, -0.1) is 0 Å². The summed E-state index contributed by atoms with van der Waals surface area (Å²) in [5, 5.41) is 2.20. The summed E-state index contributed by atoms with van der Waals surface area (Å²) >= 11 is 0. The summed E-state index contributed by atoms with van der Waals surface area (Å²) in [6.45, 7) is 2.12. The fourth-order valence-electron chi connectivity index (χ4n) is 2.84. The Morgan fingerprint density at radius 1 is 1.32 bits per heavy atom. The minimum Gasteiger partial charge on any atom is -0.397 e. The van der Waals surface area contributed by atoms with Crippen LogP contribution in [0.5, 0.6) is 0 Å². The van der Waals surface area contributed by atoms with Gasteiger partial charge in [0.15, 0.2) is 0 Å². The fourth-order valence-corrected chi connectivity index (χ4v) is 2.84. The lowest BCUT2D eigenvalue weighted by molar-refractivity contribution is 0.315. The molecule has 0 bridgehead atoms. The molecule has 1 aromatic carbocycles. The molecule has 1 aliphatic heterocycles. The second-order valence-electron chi connectivity index (χ2n) is 5.45. The van der Waals surface area contributed by atoms with Gasteiger partial charge in [-0.2, -0.15) is 0 Å². The maximum absolute atomic E-state index is 6.34. The second-order valence-corrected chi connectivity index (χ2v) is 5.45. The Morgan fingerprint density at radius 2 is 2.16 bits per heavy atom. The number of hydrogen-bond donors (Lipinski definition) is 1. The highest BCUT2D eigenvalue weighted by Gasteiger charge is 2.25. The molecule has 3 rings (SSSR count). The van der Waals surface area contributed by atoms with Crippen molar-refractivity contribution in [2.24, 2.45) is 0 Å². The Kier molecular flexibility index (Phi) is 3.03. The van der Waals surface area contributed by atoms with Gasteiger partial charge in [-0.3, -0.25) is 4.98 Å². The molecule has 100 valence electrons. The summed E-state index contributed by atoms with van der Waals surface area (Å²) in [4.78, 5) is 8.82. The molecular formula is C15H20N4. The first kappa shape index (κ1) is 12.2. The molecule has 0 radical (unpaired) electrons. The minimum absolute atomic E-state index is 0.618. The largest absolute Gasteiger partial charge is 0.397 e. The summed E-state index contributed by atoms with van der Waals surface area (Å²) in [6, 6.07) is 6.84. The van der Waals surface area contributed by atoms with E-state index in [2.05, 4.69) is 41.0 Å². The molecule has 1 atom stereocenters. The van der Waals surface area contributed by atoms with Gasteiger partial charge in [0, 0.05) is 42.3 Å². The first-order valence-electron chi connectivity index (χ1n) is 6.70. The Bertz CT molecular complexity index is 594. The highest BCUT2D eigenvalue weighted by atomic mass is 15.2. The van der Waals surface area contributed by atoms with E-state index in [4.69, 9.17) is 5.73 Å². The van der Waals surface area contributed by atoms with Crippen LogP contribution in [0.25, 0.3) is 10.8 Å². The van der Waals surface area contributed by atoms with Gasteiger partial charge in [0.2, 0.25) is 0 Å². The van der Waals surface area contributed by atoms with E-state index < -0.39 is 0 Å². The molecule has 0 aliphatic carbocycles. The standard InChI is InChI=1S/C15H20N4/c1-18(2)12-6-8-19(10-12)14-4-3-11-9-17-7-5-13(11)15(14)16/h3-5,7,9,12H,6,8,10,16H2,1-2H3. The van der Waals surface area contributed by atoms with Crippen molar-refractivity contribution < 1.29 is 0 Å². The average molecular weight is 256 g/mol. The summed E-state index contributed by atoms with van der Waals surface area (Å²) in [5.41, 5.74) is 8.37. The van der Waals surface area contributed by atoms with Crippen LogP contribution in [-0.4, -0.2) is 43.1 Å². The second kappa shape index (κ2) is 4.70. The van der Waals surface area contributed by atoms with Crippen LogP contribution < -0.4 is 10.6 Å². The third-order valence-electron chi connectivity index (χ3n) is 4.07. The van der Waals surface area contributed by atoms with E-state index in [0.29, 0.717) is 6.04 Å². The fraction of sp³-hybridized carbons (Fsp3) is 0.400. The van der Waals surface area contributed by atoms with Crippen LogP contribution in [0, 0.1) is 0 Å². The van der Waals surface area contributed by atoms with E-state index in [1.807, 2.05) is 12.3 Å². The highest BCUT2D eigenvalue weighted by Crippen LogP contribution is 2.33. The predicted octanol–water partition coefficient (Wildman–Crippen LogP) is 1.96. The first-order chi connectivity index (χ1) is 9.16. The lowest BCUT2D eigenvalue weighted by Gasteiger charge is -2.23. The number of aromatic nitrogens is 1. The molecule has 4 heteroatoms. The lowest BCUT2D eigenvalue weighted by atomic mass is 10.1. The maximum atomic E-state index is 6.34. The molecule has 1 aliphatic rings. The van der Waals surface area contributed by atoms with Gasteiger partial charge < -0.3 is 15.5 Å². The molecule has 1 saturated heterocycles. The molecule has 2 N–H and O–H groups in total. The van der Waals surface area contributed by atoms with Gasteiger partial charge in [-0.1, -0.05) is 6.07 Å². The molecule has 2 heterocycles. The van der Waals surface area contributed by atoms with E-state index in [1.54, 1.807) is 6.20 Å². The number of benzene rings is 1. The molecule has 0 amide bonds. The lowest BCUT2D eigenvalue weighted by Crippen LogP contribution is -2.31. The Labute approximate surface area is 113 Å². The number of nitrogens with zero attached hydrogens (tertiary/aromatic N) is 3. The summed E-state index contributed by atoms with van der Waals surface area (Å²) in [7, 11) is 4.28. The van der Waals surface area contributed by atoms with Crippen molar-refractivity contribution >= 4 is 22.1 Å². The third kappa shape index (κ3) is 2.12. The van der Waals surface area contributed by atoms with Gasteiger partial charge in [0.05, 0.1) is 11.4 Å². The van der Waals surface area contributed by atoms with Gasteiger partial charge >= 0.3 is 0 Å². The van der Waals surface area contributed by atoms with E-state index >= 15 is 0 Å². The van der Waals surface area contributed by atoms with E-state index in [0.717, 1.165) is 35.2 Å². The van der Waals surface area contributed by atoms with Crippen molar-refractivity contribution in [1.29, 1.82) is 0 Å². The van der Waals surface area contributed by atoms with Crippen LogP contribution in [-0.2, 0) is 0 Å². The molecule has 2 aromatic rings. The molecule has 1 aromatic heterocycles. The van der Waals surface area contributed by atoms with Crippen molar-refractivity contribution in [2.45, 2.75) is 12.5 Å². The summed E-state index contributed by atoms with van der Waals surface area (Å²) in [6.07, 6.45) is 4.86. The van der Waals surface area contributed by atoms with E-state index in [1.165, 1.54) is 6.42 Å². The van der Waals surface area contributed by atoms with Crippen molar-refractivity contribution in [3.05, 3.63) is 30.6 Å². The minimum atomic E-state index is 0.618. The number of rotatable bonds is 2. The molecule has 4 nitrogen and oxygen atoms in total. The number of anilines is 2. The Balaban J connectivity index is 1.96. The zero-order valence-corrected chi connectivity index (χ0v) is 11.5. The normalized spacial score (nSPS) is 19.5. The predicted molar refractivity (Wildman–Crippen MR) is 80.5 cm³/mol. The Hall–Kier alpha value is -1.81. The zero-order valence-electron chi connectivity index (χ0n) is 11.5. The number of pyridine rings is 1. The highest BCUT2D eigenvalue weighted by molar-refractivity contribution is 5.98. The molecular weight excluding hydrogens is 236 g/mol. The molecule has 0 saturated carbocycles. The van der Waals surface area contributed by atoms with Crippen LogP contribution in [0.1, 0.15) is 6.42 Å². The zero-order chi connectivity index (χ0) is 13.4.